The molecule has 1 amide bonds. The van der Waals surface area contributed by atoms with Gasteiger partial charge in [-0.2, -0.15) is 18.4 Å². The molecule has 27 heavy (non-hydrogen) atoms. The van der Waals surface area contributed by atoms with Gasteiger partial charge in [-0.25, -0.2) is 8.42 Å². The summed E-state index contributed by atoms with van der Waals surface area (Å²) in [4.78, 5) is 11.7. The maximum Gasteiger partial charge on any atom is 0.405 e. The Morgan fingerprint density at radius 3 is 2.19 bits per heavy atom. The van der Waals surface area contributed by atoms with Gasteiger partial charge in [0, 0.05) is 0 Å². The Hall–Kier alpha value is -3.06. The molecular weight excluding hydrogens is 383 g/mol. The van der Waals surface area contributed by atoms with Crippen molar-refractivity contribution in [1.29, 1.82) is 5.26 Å². The van der Waals surface area contributed by atoms with Crippen LogP contribution >= 0.6 is 0 Å². The molecule has 0 fully saturated rings. The minimum absolute atomic E-state index is 0.115. The lowest BCUT2D eigenvalue weighted by atomic mass is 10.2. The number of halogens is 3. The number of rotatable bonds is 6. The number of alkyl halides is 3. The Bertz CT molecular complexity index is 937. The number of anilines is 1. The lowest BCUT2D eigenvalue weighted by Gasteiger charge is -2.24. The molecule has 0 saturated heterocycles. The first-order chi connectivity index (χ1) is 12.6. The van der Waals surface area contributed by atoms with E-state index in [2.05, 4.69) is 0 Å². The fourth-order valence-corrected chi connectivity index (χ4v) is 3.54. The van der Waals surface area contributed by atoms with Gasteiger partial charge in [-0.15, -0.1) is 0 Å². The Labute approximate surface area is 153 Å². The molecule has 0 radical (unpaired) electrons. The van der Waals surface area contributed by atoms with Gasteiger partial charge in [-0.3, -0.25) is 9.10 Å². The largest absolute Gasteiger partial charge is 0.405 e. The number of sulfonamides is 1. The lowest BCUT2D eigenvalue weighted by Crippen LogP contribution is -2.43. The van der Waals surface area contributed by atoms with E-state index in [1.54, 1.807) is 11.4 Å². The van der Waals surface area contributed by atoms with Crippen molar-refractivity contribution in [3.05, 3.63) is 60.2 Å². The van der Waals surface area contributed by atoms with Crippen LogP contribution in [0.15, 0.2) is 59.5 Å². The average Bonchev–Trinajstić information content (AvgIpc) is 2.64. The maximum atomic E-state index is 12.9. The van der Waals surface area contributed by atoms with E-state index in [0.29, 0.717) is 4.31 Å². The first-order valence-electron chi connectivity index (χ1n) is 7.55. The lowest BCUT2D eigenvalue weighted by molar-refractivity contribution is -0.137. The van der Waals surface area contributed by atoms with Gasteiger partial charge in [0.15, 0.2) is 0 Å². The number of carbonyl (C=O) groups is 1. The van der Waals surface area contributed by atoms with Crippen molar-refractivity contribution >= 4 is 21.6 Å². The molecule has 0 unspecified atom stereocenters. The van der Waals surface area contributed by atoms with Gasteiger partial charge >= 0.3 is 6.18 Å². The molecule has 0 aliphatic carbocycles. The monoisotopic (exact) mass is 397 g/mol. The van der Waals surface area contributed by atoms with E-state index >= 15 is 0 Å². The highest BCUT2D eigenvalue weighted by Gasteiger charge is 2.30. The molecule has 142 valence electrons. The molecule has 0 aromatic heterocycles. The molecule has 10 heteroatoms. The predicted molar refractivity (Wildman–Crippen MR) is 91.2 cm³/mol. The molecule has 0 aliphatic heterocycles. The third-order valence-electron chi connectivity index (χ3n) is 3.39. The summed E-state index contributed by atoms with van der Waals surface area (Å²) < 4.78 is 63.3. The number of amides is 1. The van der Waals surface area contributed by atoms with Crippen LogP contribution in [0.25, 0.3) is 0 Å². The summed E-state index contributed by atoms with van der Waals surface area (Å²) in [7, 11) is -4.25. The van der Waals surface area contributed by atoms with Gasteiger partial charge in [0.1, 0.15) is 13.1 Å². The molecule has 6 nitrogen and oxygen atoms in total. The number of nitrogens with one attached hydrogen (secondary N) is 1. The number of nitrogens with zero attached hydrogens (tertiary/aromatic N) is 2. The van der Waals surface area contributed by atoms with Crippen LogP contribution in [0.5, 0.6) is 0 Å². The molecule has 1 N–H and O–H groups in total. The summed E-state index contributed by atoms with van der Waals surface area (Å²) in [5.74, 6) is -1.10. The van der Waals surface area contributed by atoms with Crippen LogP contribution in [0, 0.1) is 11.3 Å². The van der Waals surface area contributed by atoms with Crippen molar-refractivity contribution in [2.45, 2.75) is 11.1 Å². The van der Waals surface area contributed by atoms with E-state index in [-0.39, 0.29) is 16.1 Å². The molecule has 2 aromatic carbocycles. The second-order valence-corrected chi connectivity index (χ2v) is 7.24. The zero-order valence-corrected chi connectivity index (χ0v) is 14.6. The van der Waals surface area contributed by atoms with Crippen molar-refractivity contribution in [2.24, 2.45) is 0 Å². The smallest absolute Gasteiger partial charge is 0.345 e. The zero-order valence-electron chi connectivity index (χ0n) is 13.8. The van der Waals surface area contributed by atoms with Crippen LogP contribution in [-0.4, -0.2) is 33.6 Å². The minimum atomic E-state index is -4.61. The summed E-state index contributed by atoms with van der Waals surface area (Å²) in [6, 6.07) is 14.3. The normalized spacial score (nSPS) is 11.5. The van der Waals surface area contributed by atoms with Crippen LogP contribution in [0.4, 0.5) is 18.9 Å². The van der Waals surface area contributed by atoms with Crippen LogP contribution in [0.1, 0.15) is 5.56 Å². The molecule has 0 saturated carbocycles. The second-order valence-electron chi connectivity index (χ2n) is 5.38. The highest BCUT2D eigenvalue weighted by Crippen LogP contribution is 2.23. The van der Waals surface area contributed by atoms with Gasteiger partial charge in [0.25, 0.3) is 10.0 Å². The second kappa shape index (κ2) is 8.09. The highest BCUT2D eigenvalue weighted by atomic mass is 32.2. The standard InChI is InChI=1S/C17H14F3N3O3S/c18-17(19,20)12-22-16(24)11-23(14-4-2-1-3-5-14)27(25,26)15-8-6-13(10-21)7-9-15/h1-9H,11-12H2,(H,22,24). The van der Waals surface area contributed by atoms with Crippen LogP contribution in [0.3, 0.4) is 0 Å². The third kappa shape index (κ3) is 5.46. The van der Waals surface area contributed by atoms with E-state index in [4.69, 9.17) is 5.26 Å². The average molecular weight is 397 g/mol. The van der Waals surface area contributed by atoms with Gasteiger partial charge in [-0.05, 0) is 36.4 Å². The first kappa shape index (κ1) is 20.3. The molecule has 0 atom stereocenters. The summed E-state index contributed by atoms with van der Waals surface area (Å²) in [5, 5.41) is 10.5. The fourth-order valence-electron chi connectivity index (χ4n) is 2.12. The highest BCUT2D eigenvalue weighted by molar-refractivity contribution is 7.92. The van der Waals surface area contributed by atoms with E-state index in [9.17, 15) is 26.4 Å². The van der Waals surface area contributed by atoms with Crippen LogP contribution < -0.4 is 9.62 Å². The number of hydrogen-bond acceptors (Lipinski definition) is 4. The van der Waals surface area contributed by atoms with Gasteiger partial charge < -0.3 is 5.32 Å². The number of hydrogen-bond donors (Lipinski definition) is 1. The summed E-state index contributed by atoms with van der Waals surface area (Å²) in [5.41, 5.74) is 0.354. The summed E-state index contributed by atoms with van der Waals surface area (Å²) in [6.07, 6.45) is -4.61. The topological polar surface area (TPSA) is 90.3 Å². The Morgan fingerprint density at radius 2 is 1.67 bits per heavy atom. The number of nitriles is 1. The number of benzene rings is 2. The molecule has 0 bridgehead atoms. The van der Waals surface area contributed by atoms with Crippen molar-refractivity contribution in [1.82, 2.24) is 5.32 Å². The van der Waals surface area contributed by atoms with E-state index < -0.39 is 35.2 Å². The van der Waals surface area contributed by atoms with E-state index in [1.165, 1.54) is 48.5 Å². The van der Waals surface area contributed by atoms with E-state index in [1.807, 2.05) is 6.07 Å². The molecule has 2 rings (SSSR count). The zero-order chi connectivity index (χ0) is 20.1. The Kier molecular flexibility index (Phi) is 6.07. The van der Waals surface area contributed by atoms with Gasteiger partial charge in [-0.1, -0.05) is 18.2 Å². The number of carbonyl (C=O) groups excluding carboxylic acids is 1. The predicted octanol–water partition coefficient (Wildman–Crippen LogP) is 2.43. The van der Waals surface area contributed by atoms with Crippen molar-refractivity contribution in [3.8, 4) is 6.07 Å². The Balaban J connectivity index is 2.34. The quantitative estimate of drug-likeness (QED) is 0.811. The SMILES string of the molecule is N#Cc1ccc(S(=O)(=O)N(CC(=O)NCC(F)(F)F)c2ccccc2)cc1. The summed E-state index contributed by atoms with van der Waals surface area (Å²) >= 11 is 0. The van der Waals surface area contributed by atoms with E-state index in [0.717, 1.165) is 0 Å². The minimum Gasteiger partial charge on any atom is -0.345 e. The molecule has 0 aliphatic rings. The summed E-state index contributed by atoms with van der Waals surface area (Å²) in [6.45, 7) is -2.40. The molecule has 0 spiro atoms. The van der Waals surface area contributed by atoms with Gasteiger partial charge in [0.05, 0.1) is 22.2 Å². The first-order valence-corrected chi connectivity index (χ1v) is 8.99. The number of para-hydroxylation sites is 1. The third-order valence-corrected chi connectivity index (χ3v) is 5.18. The Morgan fingerprint density at radius 1 is 1.07 bits per heavy atom. The van der Waals surface area contributed by atoms with Crippen molar-refractivity contribution < 1.29 is 26.4 Å². The fraction of sp³-hybridized carbons (Fsp3) is 0.176. The molecular formula is C17H14F3N3O3S. The maximum absolute atomic E-state index is 12.9. The molecule has 2 aromatic rings. The van der Waals surface area contributed by atoms with Crippen molar-refractivity contribution in [3.63, 3.8) is 0 Å². The van der Waals surface area contributed by atoms with Gasteiger partial charge in [0.2, 0.25) is 5.91 Å². The molecule has 0 heterocycles. The van der Waals surface area contributed by atoms with Crippen LogP contribution in [-0.2, 0) is 14.8 Å². The van der Waals surface area contributed by atoms with Crippen molar-refractivity contribution in [2.75, 3.05) is 17.4 Å². The van der Waals surface area contributed by atoms with Crippen LogP contribution in [0.2, 0.25) is 0 Å².